The molecule has 2 aromatic carbocycles. The molecular formula is C16H15Cl. The molecule has 0 saturated carbocycles. The van der Waals surface area contributed by atoms with Crippen LogP contribution in [0.2, 0.25) is 5.02 Å². The smallest absolute Gasteiger partial charge is 0.0406 e. The Labute approximate surface area is 108 Å². The van der Waals surface area contributed by atoms with Gasteiger partial charge >= 0.3 is 0 Å². The van der Waals surface area contributed by atoms with Crippen molar-refractivity contribution in [2.75, 3.05) is 0 Å². The van der Waals surface area contributed by atoms with Gasteiger partial charge in [-0.1, -0.05) is 54.1 Å². The number of allylic oxidation sites excluding steroid dienone is 1. The molecule has 1 heteroatoms. The Morgan fingerprint density at radius 3 is 2.29 bits per heavy atom. The zero-order valence-corrected chi connectivity index (χ0v) is 10.6. The van der Waals surface area contributed by atoms with E-state index in [1.165, 1.54) is 16.7 Å². The largest absolute Gasteiger partial charge is 0.102 e. The van der Waals surface area contributed by atoms with Gasteiger partial charge in [0.25, 0.3) is 0 Å². The highest BCUT2D eigenvalue weighted by Crippen LogP contribution is 2.28. The van der Waals surface area contributed by atoms with Crippen molar-refractivity contribution in [3.8, 4) is 0 Å². The lowest BCUT2D eigenvalue weighted by Gasteiger charge is -2.16. The molecule has 0 unspecified atom stereocenters. The van der Waals surface area contributed by atoms with Gasteiger partial charge in [-0.25, -0.2) is 0 Å². The van der Waals surface area contributed by atoms with E-state index in [1.54, 1.807) is 0 Å². The van der Waals surface area contributed by atoms with Gasteiger partial charge in [-0.15, -0.1) is 6.58 Å². The predicted molar refractivity (Wildman–Crippen MR) is 74.7 cm³/mol. The molecule has 2 rings (SSSR count). The standard InChI is InChI=1S/C16H15Cl/c1-3-15(13-8-10-14(17)11-9-13)16-7-5-4-6-12(16)2/h3-11,15H,1H2,2H3/t15-/m0/s1. The summed E-state index contributed by atoms with van der Waals surface area (Å²) in [5.74, 6) is 0.230. The van der Waals surface area contributed by atoms with E-state index in [4.69, 9.17) is 11.6 Å². The van der Waals surface area contributed by atoms with Gasteiger partial charge in [0.05, 0.1) is 0 Å². The van der Waals surface area contributed by atoms with E-state index < -0.39 is 0 Å². The summed E-state index contributed by atoms with van der Waals surface area (Å²) in [6, 6.07) is 16.4. The first-order valence-corrected chi connectivity index (χ1v) is 6.03. The molecule has 17 heavy (non-hydrogen) atoms. The van der Waals surface area contributed by atoms with E-state index in [9.17, 15) is 0 Å². The molecule has 0 nitrogen and oxygen atoms in total. The predicted octanol–water partition coefficient (Wildman–Crippen LogP) is 4.97. The topological polar surface area (TPSA) is 0 Å². The molecule has 0 fully saturated rings. The molecule has 1 atom stereocenters. The molecule has 0 radical (unpaired) electrons. The molecule has 0 bridgehead atoms. The molecule has 0 heterocycles. The SMILES string of the molecule is C=C[C@@H](c1ccc(Cl)cc1)c1ccccc1C. The molecule has 2 aromatic rings. The Kier molecular flexibility index (Phi) is 3.65. The van der Waals surface area contributed by atoms with E-state index in [0.717, 1.165) is 5.02 Å². The van der Waals surface area contributed by atoms with Gasteiger partial charge in [0.15, 0.2) is 0 Å². The molecule has 0 aliphatic rings. The maximum atomic E-state index is 5.91. The fourth-order valence-corrected chi connectivity index (χ4v) is 2.17. The van der Waals surface area contributed by atoms with Crippen molar-refractivity contribution in [1.82, 2.24) is 0 Å². The summed E-state index contributed by atoms with van der Waals surface area (Å²) >= 11 is 5.91. The van der Waals surface area contributed by atoms with Crippen LogP contribution in [-0.2, 0) is 0 Å². The van der Waals surface area contributed by atoms with Gasteiger partial charge in [-0.3, -0.25) is 0 Å². The fourth-order valence-electron chi connectivity index (χ4n) is 2.05. The van der Waals surface area contributed by atoms with Crippen LogP contribution < -0.4 is 0 Å². The van der Waals surface area contributed by atoms with Crippen LogP contribution in [0.4, 0.5) is 0 Å². The molecule has 0 saturated heterocycles. The van der Waals surface area contributed by atoms with Crippen molar-refractivity contribution >= 4 is 11.6 Å². The van der Waals surface area contributed by atoms with Crippen LogP contribution in [0.5, 0.6) is 0 Å². The Bertz CT molecular complexity index is 511. The van der Waals surface area contributed by atoms with Gasteiger partial charge in [0.2, 0.25) is 0 Å². The minimum Gasteiger partial charge on any atom is -0.102 e. The summed E-state index contributed by atoms with van der Waals surface area (Å²) in [6.45, 7) is 6.07. The lowest BCUT2D eigenvalue weighted by molar-refractivity contribution is 1.01. The summed E-state index contributed by atoms with van der Waals surface area (Å²) in [5, 5.41) is 0.765. The summed E-state index contributed by atoms with van der Waals surface area (Å²) in [6.07, 6.45) is 1.98. The zero-order chi connectivity index (χ0) is 12.3. The van der Waals surface area contributed by atoms with Crippen LogP contribution in [0.1, 0.15) is 22.6 Å². The Morgan fingerprint density at radius 1 is 1.06 bits per heavy atom. The van der Waals surface area contributed by atoms with Crippen LogP contribution in [0, 0.1) is 6.92 Å². The first-order chi connectivity index (χ1) is 8.22. The number of benzene rings is 2. The van der Waals surface area contributed by atoms with Crippen molar-refractivity contribution < 1.29 is 0 Å². The molecule has 0 aliphatic carbocycles. The van der Waals surface area contributed by atoms with Crippen LogP contribution in [-0.4, -0.2) is 0 Å². The van der Waals surface area contributed by atoms with E-state index in [-0.39, 0.29) is 5.92 Å². The third kappa shape index (κ3) is 2.59. The maximum absolute atomic E-state index is 5.91. The van der Waals surface area contributed by atoms with Gasteiger partial charge in [0.1, 0.15) is 0 Å². The first kappa shape index (κ1) is 11.9. The third-order valence-corrected chi connectivity index (χ3v) is 3.24. The lowest BCUT2D eigenvalue weighted by atomic mass is 9.89. The summed E-state index contributed by atoms with van der Waals surface area (Å²) in [7, 11) is 0. The molecule has 0 aromatic heterocycles. The van der Waals surface area contributed by atoms with Crippen molar-refractivity contribution in [1.29, 1.82) is 0 Å². The molecule has 0 spiro atoms. The molecular weight excluding hydrogens is 228 g/mol. The van der Waals surface area contributed by atoms with Crippen LogP contribution >= 0.6 is 11.6 Å². The fraction of sp³-hybridized carbons (Fsp3) is 0.125. The maximum Gasteiger partial charge on any atom is 0.0406 e. The minimum absolute atomic E-state index is 0.230. The molecule has 0 N–H and O–H groups in total. The summed E-state index contributed by atoms with van der Waals surface area (Å²) in [4.78, 5) is 0. The number of aryl methyl sites for hydroxylation is 1. The average molecular weight is 243 g/mol. The number of halogens is 1. The number of rotatable bonds is 3. The van der Waals surface area contributed by atoms with E-state index in [2.05, 4.69) is 49.9 Å². The van der Waals surface area contributed by atoms with Crippen LogP contribution in [0.15, 0.2) is 61.2 Å². The minimum atomic E-state index is 0.230. The van der Waals surface area contributed by atoms with E-state index in [1.807, 2.05) is 18.2 Å². The second-order valence-corrected chi connectivity index (χ2v) is 4.56. The first-order valence-electron chi connectivity index (χ1n) is 5.66. The second-order valence-electron chi connectivity index (χ2n) is 4.12. The number of hydrogen-bond donors (Lipinski definition) is 0. The molecule has 0 aliphatic heterocycles. The second kappa shape index (κ2) is 5.20. The molecule has 86 valence electrons. The van der Waals surface area contributed by atoms with Crippen LogP contribution in [0.3, 0.4) is 0 Å². The average Bonchev–Trinajstić information content (AvgIpc) is 2.35. The van der Waals surface area contributed by atoms with Gasteiger partial charge in [0, 0.05) is 10.9 Å². The van der Waals surface area contributed by atoms with Gasteiger partial charge in [-0.05, 0) is 35.7 Å². The van der Waals surface area contributed by atoms with E-state index in [0.29, 0.717) is 0 Å². The Balaban J connectivity index is 2.44. The summed E-state index contributed by atoms with van der Waals surface area (Å²) < 4.78 is 0. The molecule has 0 amide bonds. The Hall–Kier alpha value is -1.53. The van der Waals surface area contributed by atoms with Crippen molar-refractivity contribution in [3.05, 3.63) is 82.9 Å². The highest BCUT2D eigenvalue weighted by atomic mass is 35.5. The monoisotopic (exact) mass is 242 g/mol. The quantitative estimate of drug-likeness (QED) is 0.667. The van der Waals surface area contributed by atoms with Gasteiger partial charge < -0.3 is 0 Å². The van der Waals surface area contributed by atoms with Crippen molar-refractivity contribution in [2.24, 2.45) is 0 Å². The highest BCUT2D eigenvalue weighted by Gasteiger charge is 2.11. The lowest BCUT2D eigenvalue weighted by Crippen LogP contribution is -1.99. The zero-order valence-electron chi connectivity index (χ0n) is 9.86. The van der Waals surface area contributed by atoms with Crippen LogP contribution in [0.25, 0.3) is 0 Å². The van der Waals surface area contributed by atoms with Crippen molar-refractivity contribution in [2.45, 2.75) is 12.8 Å². The Morgan fingerprint density at radius 2 is 1.71 bits per heavy atom. The summed E-state index contributed by atoms with van der Waals surface area (Å²) in [5.41, 5.74) is 3.80. The normalized spacial score (nSPS) is 12.1. The number of hydrogen-bond acceptors (Lipinski definition) is 0. The third-order valence-electron chi connectivity index (χ3n) is 2.99. The van der Waals surface area contributed by atoms with E-state index >= 15 is 0 Å². The highest BCUT2D eigenvalue weighted by molar-refractivity contribution is 6.30. The van der Waals surface area contributed by atoms with Gasteiger partial charge in [-0.2, -0.15) is 0 Å². The van der Waals surface area contributed by atoms with Crippen molar-refractivity contribution in [3.63, 3.8) is 0 Å².